The summed E-state index contributed by atoms with van der Waals surface area (Å²) in [6.45, 7) is 0.244. The minimum atomic E-state index is -0.390. The lowest BCUT2D eigenvalue weighted by Crippen LogP contribution is -2.28. The number of carbonyl (C=O) groups is 1. The van der Waals surface area contributed by atoms with Gasteiger partial charge < -0.3 is 34.0 Å². The number of pyridine rings is 1. The summed E-state index contributed by atoms with van der Waals surface area (Å²) in [6, 6.07) is 13.5. The molecule has 4 rings (SSSR count). The first kappa shape index (κ1) is 23.4. The first-order valence-electron chi connectivity index (χ1n) is 10.4. The Morgan fingerprint density at radius 2 is 1.74 bits per heavy atom. The third-order valence-electron chi connectivity index (χ3n) is 4.82. The molecule has 0 radical (unpaired) electrons. The predicted octanol–water partition coefficient (Wildman–Crippen LogP) is 4.27. The fraction of sp³-hybridized carbons (Fsp3) is 0.167. The summed E-state index contributed by atoms with van der Waals surface area (Å²) < 4.78 is 27.1. The van der Waals surface area contributed by atoms with Crippen LogP contribution in [0, 0.1) is 0 Å². The average molecular weight is 477 g/mol. The first-order chi connectivity index (χ1) is 17.1. The van der Waals surface area contributed by atoms with Crippen LogP contribution < -0.4 is 29.6 Å². The molecule has 0 aliphatic heterocycles. The van der Waals surface area contributed by atoms with Crippen LogP contribution in [0.1, 0.15) is 5.56 Å². The minimum Gasteiger partial charge on any atom is -0.493 e. The second-order valence-electron chi connectivity index (χ2n) is 7.09. The molecule has 0 aliphatic rings. The number of methoxy groups -OCH3 is 3. The molecule has 4 aromatic rings. The Kier molecular flexibility index (Phi) is 7.26. The van der Waals surface area contributed by atoms with Crippen LogP contribution in [0.2, 0.25) is 0 Å². The number of amides is 2. The summed E-state index contributed by atoms with van der Waals surface area (Å²) in [7, 11) is 4.60. The van der Waals surface area contributed by atoms with Crippen LogP contribution in [0.4, 0.5) is 10.5 Å². The van der Waals surface area contributed by atoms with E-state index in [0.29, 0.717) is 40.1 Å². The Balaban J connectivity index is 1.38. The van der Waals surface area contributed by atoms with Crippen molar-refractivity contribution in [3.63, 3.8) is 0 Å². The highest BCUT2D eigenvalue weighted by atomic mass is 16.5. The van der Waals surface area contributed by atoms with Crippen LogP contribution in [0.5, 0.6) is 28.7 Å². The molecule has 0 unspecified atom stereocenters. The molecule has 0 atom stereocenters. The van der Waals surface area contributed by atoms with Gasteiger partial charge in [-0.25, -0.2) is 4.79 Å². The number of benzene rings is 2. The highest BCUT2D eigenvalue weighted by Crippen LogP contribution is 2.38. The number of carbonyl (C=O) groups excluding carboxylic acids is 1. The number of hydrogen-bond acceptors (Lipinski definition) is 9. The Hall–Kier alpha value is -4.80. The maximum Gasteiger partial charge on any atom is 0.319 e. The van der Waals surface area contributed by atoms with Crippen LogP contribution in [0.3, 0.4) is 0 Å². The van der Waals surface area contributed by atoms with E-state index in [2.05, 4.69) is 25.8 Å². The van der Waals surface area contributed by atoms with Gasteiger partial charge in [-0.2, -0.15) is 0 Å². The average Bonchev–Trinajstić information content (AvgIpc) is 3.42. The van der Waals surface area contributed by atoms with Gasteiger partial charge in [-0.05, 0) is 35.9 Å². The minimum absolute atomic E-state index is 0.244. The lowest BCUT2D eigenvalue weighted by atomic mass is 10.2. The number of urea groups is 1. The molecular weight excluding hydrogens is 454 g/mol. The maximum atomic E-state index is 12.5. The van der Waals surface area contributed by atoms with Gasteiger partial charge in [0, 0.05) is 30.6 Å². The molecule has 35 heavy (non-hydrogen) atoms. The topological polar surface area (TPSA) is 130 Å². The molecule has 0 fully saturated rings. The SMILES string of the molecule is COc1cc(CNC(=O)Nc2cccc(Oc3ccnc(-c4nnco4)c3)c2)cc(OC)c1OC. The van der Waals surface area contributed by atoms with E-state index in [1.807, 2.05) is 0 Å². The van der Waals surface area contributed by atoms with Crippen molar-refractivity contribution in [3.05, 3.63) is 66.7 Å². The fourth-order valence-electron chi connectivity index (χ4n) is 3.24. The lowest BCUT2D eigenvalue weighted by molar-refractivity contribution is 0.251. The second-order valence-corrected chi connectivity index (χ2v) is 7.09. The van der Waals surface area contributed by atoms with E-state index in [1.165, 1.54) is 27.7 Å². The summed E-state index contributed by atoms with van der Waals surface area (Å²) in [6.07, 6.45) is 2.81. The number of aromatic nitrogens is 3. The summed E-state index contributed by atoms with van der Waals surface area (Å²) in [5.74, 6) is 2.83. The standard InChI is InChI=1S/C24H23N5O6/c1-31-20-9-15(10-21(32-2)22(20)33-3)13-26-24(30)28-16-5-4-6-17(11-16)35-18-7-8-25-19(12-18)23-29-27-14-34-23/h4-12,14H,13H2,1-3H3,(H2,26,28,30). The van der Waals surface area contributed by atoms with Gasteiger partial charge in [-0.15, -0.1) is 10.2 Å². The molecule has 0 saturated carbocycles. The third kappa shape index (κ3) is 5.77. The van der Waals surface area contributed by atoms with E-state index in [4.69, 9.17) is 23.4 Å². The highest BCUT2D eigenvalue weighted by molar-refractivity contribution is 5.89. The van der Waals surface area contributed by atoms with E-state index >= 15 is 0 Å². The monoisotopic (exact) mass is 477 g/mol. The molecule has 2 aromatic heterocycles. The van der Waals surface area contributed by atoms with E-state index < -0.39 is 6.03 Å². The number of nitrogens with zero attached hydrogens (tertiary/aromatic N) is 3. The van der Waals surface area contributed by atoms with E-state index in [-0.39, 0.29) is 12.4 Å². The van der Waals surface area contributed by atoms with Gasteiger partial charge >= 0.3 is 6.03 Å². The van der Waals surface area contributed by atoms with Crippen molar-refractivity contribution in [2.75, 3.05) is 26.6 Å². The molecule has 2 heterocycles. The largest absolute Gasteiger partial charge is 0.493 e. The van der Waals surface area contributed by atoms with Gasteiger partial charge in [0.25, 0.3) is 5.89 Å². The number of nitrogens with one attached hydrogen (secondary N) is 2. The Labute approximate surface area is 201 Å². The molecule has 0 saturated heterocycles. The normalized spacial score (nSPS) is 10.4. The van der Waals surface area contributed by atoms with Crippen molar-refractivity contribution in [1.29, 1.82) is 0 Å². The molecular formula is C24H23N5O6. The molecule has 2 aromatic carbocycles. The Morgan fingerprint density at radius 3 is 2.43 bits per heavy atom. The molecule has 11 heteroatoms. The molecule has 180 valence electrons. The van der Waals surface area contributed by atoms with Crippen molar-refractivity contribution >= 4 is 11.7 Å². The second kappa shape index (κ2) is 10.9. The smallest absolute Gasteiger partial charge is 0.319 e. The summed E-state index contributed by atoms with van der Waals surface area (Å²) in [5, 5.41) is 13.1. The number of anilines is 1. The zero-order chi connectivity index (χ0) is 24.6. The van der Waals surface area contributed by atoms with E-state index in [9.17, 15) is 4.79 Å². The summed E-state index contributed by atoms with van der Waals surface area (Å²) in [4.78, 5) is 16.7. The van der Waals surface area contributed by atoms with Gasteiger partial charge in [0.1, 0.15) is 17.2 Å². The first-order valence-corrected chi connectivity index (χ1v) is 10.4. The molecule has 2 amide bonds. The zero-order valence-corrected chi connectivity index (χ0v) is 19.3. The van der Waals surface area contributed by atoms with Gasteiger partial charge in [0.2, 0.25) is 12.1 Å². The number of hydrogen-bond donors (Lipinski definition) is 2. The molecule has 0 spiro atoms. The van der Waals surface area contributed by atoms with Crippen molar-refractivity contribution in [2.45, 2.75) is 6.54 Å². The van der Waals surface area contributed by atoms with E-state index in [1.54, 1.807) is 54.7 Å². The van der Waals surface area contributed by atoms with Gasteiger partial charge in [-0.1, -0.05) is 6.07 Å². The lowest BCUT2D eigenvalue weighted by Gasteiger charge is -2.15. The maximum absolute atomic E-state index is 12.5. The molecule has 2 N–H and O–H groups in total. The number of ether oxygens (including phenoxy) is 4. The Bertz CT molecular complexity index is 1270. The van der Waals surface area contributed by atoms with Gasteiger partial charge in [0.05, 0.1) is 21.3 Å². The van der Waals surface area contributed by atoms with Crippen LogP contribution in [-0.2, 0) is 6.54 Å². The van der Waals surface area contributed by atoms with Crippen LogP contribution in [0.25, 0.3) is 11.6 Å². The van der Waals surface area contributed by atoms with Crippen molar-refractivity contribution in [2.24, 2.45) is 0 Å². The quantitative estimate of drug-likeness (QED) is 0.363. The summed E-state index contributed by atoms with van der Waals surface area (Å²) in [5.41, 5.74) is 1.82. The van der Waals surface area contributed by atoms with Crippen molar-refractivity contribution < 1.29 is 28.2 Å². The Morgan fingerprint density at radius 1 is 0.971 bits per heavy atom. The van der Waals surface area contributed by atoms with Gasteiger partial charge in [-0.3, -0.25) is 4.98 Å². The number of rotatable bonds is 9. The third-order valence-corrected chi connectivity index (χ3v) is 4.82. The molecule has 11 nitrogen and oxygen atoms in total. The fourth-order valence-corrected chi connectivity index (χ4v) is 3.24. The van der Waals surface area contributed by atoms with Crippen molar-refractivity contribution in [1.82, 2.24) is 20.5 Å². The zero-order valence-electron chi connectivity index (χ0n) is 19.3. The van der Waals surface area contributed by atoms with Crippen LogP contribution >= 0.6 is 0 Å². The van der Waals surface area contributed by atoms with Gasteiger partial charge in [0.15, 0.2) is 11.5 Å². The summed E-state index contributed by atoms with van der Waals surface area (Å²) >= 11 is 0. The van der Waals surface area contributed by atoms with Crippen LogP contribution in [-0.4, -0.2) is 42.5 Å². The molecule has 0 aliphatic carbocycles. The van der Waals surface area contributed by atoms with Crippen molar-refractivity contribution in [3.8, 4) is 40.3 Å². The molecule has 0 bridgehead atoms. The van der Waals surface area contributed by atoms with E-state index in [0.717, 1.165) is 5.56 Å². The van der Waals surface area contributed by atoms with Crippen LogP contribution in [0.15, 0.2) is 65.5 Å². The highest BCUT2D eigenvalue weighted by Gasteiger charge is 2.14. The predicted molar refractivity (Wildman–Crippen MR) is 126 cm³/mol.